The normalized spacial score (nSPS) is 19.9. The molecule has 1 aromatic carbocycles. The first kappa shape index (κ1) is 21.4. The van der Waals surface area contributed by atoms with E-state index in [1.807, 2.05) is 7.05 Å². The molecule has 1 atom stereocenters. The van der Waals surface area contributed by atoms with E-state index in [4.69, 9.17) is 0 Å². The highest BCUT2D eigenvalue weighted by Gasteiger charge is 2.41. The Hall–Kier alpha value is -2.35. The predicted octanol–water partition coefficient (Wildman–Crippen LogP) is 4.05. The number of benzene rings is 1. The van der Waals surface area contributed by atoms with E-state index in [0.717, 1.165) is 30.3 Å². The summed E-state index contributed by atoms with van der Waals surface area (Å²) in [5.74, 6) is -0.757. The van der Waals surface area contributed by atoms with Crippen LogP contribution in [-0.4, -0.2) is 46.8 Å². The lowest BCUT2D eigenvalue weighted by atomic mass is 9.76. The fraction of sp³-hybridized carbons (Fsp3) is 0.524. The smallest absolute Gasteiger partial charge is 0.350 e. The summed E-state index contributed by atoms with van der Waals surface area (Å²) in [5.41, 5.74) is -0.610. The maximum Gasteiger partial charge on any atom is 0.434 e. The summed E-state index contributed by atoms with van der Waals surface area (Å²) in [6, 6.07) is 6.70. The van der Waals surface area contributed by atoms with Gasteiger partial charge in [-0.3, -0.25) is 4.79 Å². The van der Waals surface area contributed by atoms with Crippen LogP contribution in [0.1, 0.15) is 48.3 Å². The molecule has 0 spiro atoms. The molecule has 1 amide bonds. The lowest BCUT2D eigenvalue weighted by molar-refractivity contribution is -0.143. The zero-order valence-electron chi connectivity index (χ0n) is 17.2. The molecular weight excluding hydrogens is 381 g/mol. The van der Waals surface area contributed by atoms with Crippen LogP contribution in [0.5, 0.6) is 0 Å². The molecule has 1 aromatic heterocycles. The molecule has 1 fully saturated rings. The number of amides is 1. The third-order valence-electron chi connectivity index (χ3n) is 5.85. The third kappa shape index (κ3) is 4.32. The number of likely N-dealkylation sites (tertiary alicyclic amines) is 1. The highest BCUT2D eigenvalue weighted by atomic mass is 19.4. The van der Waals surface area contributed by atoms with Gasteiger partial charge in [-0.25, -0.2) is 4.68 Å². The van der Waals surface area contributed by atoms with Gasteiger partial charge in [0.05, 0.1) is 17.4 Å². The zero-order valence-corrected chi connectivity index (χ0v) is 17.2. The van der Waals surface area contributed by atoms with Crippen molar-refractivity contribution < 1.29 is 18.0 Å². The molecule has 0 saturated carbocycles. The fourth-order valence-electron chi connectivity index (χ4n) is 4.19. The van der Waals surface area contributed by atoms with Crippen LogP contribution in [0.25, 0.3) is 5.69 Å². The molecule has 8 heteroatoms. The monoisotopic (exact) mass is 408 g/mol. The van der Waals surface area contributed by atoms with Crippen molar-refractivity contribution in [3.05, 3.63) is 47.3 Å². The minimum Gasteiger partial charge on any atom is -0.350 e. The standard InChI is InChI=1S/C21H27F3N4O/c1-14-8-5-6-9-16(14)28-18(21(22,23)24)15(12-26-28)19(29)25-13-17-20(2,3)10-7-11-27(17)4/h5-6,8-9,12,17H,7,10-11,13H2,1-4H3,(H,25,29)/t17-/m0/s1. The van der Waals surface area contributed by atoms with Crippen LogP contribution in [-0.2, 0) is 6.18 Å². The van der Waals surface area contributed by atoms with Gasteiger partial charge in [-0.05, 0) is 50.4 Å². The summed E-state index contributed by atoms with van der Waals surface area (Å²) < 4.78 is 42.4. The van der Waals surface area contributed by atoms with Gasteiger partial charge in [0.25, 0.3) is 5.91 Å². The fourth-order valence-corrected chi connectivity index (χ4v) is 4.19. The van der Waals surface area contributed by atoms with Gasteiger partial charge in [-0.1, -0.05) is 32.0 Å². The van der Waals surface area contributed by atoms with Gasteiger partial charge in [0.2, 0.25) is 0 Å². The Morgan fingerprint density at radius 1 is 1.31 bits per heavy atom. The van der Waals surface area contributed by atoms with Crippen LogP contribution in [0.4, 0.5) is 13.2 Å². The van der Waals surface area contributed by atoms with Crippen molar-refractivity contribution in [2.45, 2.75) is 45.8 Å². The average molecular weight is 408 g/mol. The van der Waals surface area contributed by atoms with Crippen molar-refractivity contribution in [1.82, 2.24) is 20.0 Å². The molecule has 158 valence electrons. The Labute approximate surface area is 168 Å². The van der Waals surface area contributed by atoms with E-state index in [1.54, 1.807) is 31.2 Å². The van der Waals surface area contributed by atoms with Crippen molar-refractivity contribution in [3.63, 3.8) is 0 Å². The molecule has 1 aliphatic heterocycles. The van der Waals surface area contributed by atoms with Crippen LogP contribution in [0.2, 0.25) is 0 Å². The molecule has 0 aliphatic carbocycles. The van der Waals surface area contributed by atoms with E-state index in [1.165, 1.54) is 0 Å². The summed E-state index contributed by atoms with van der Waals surface area (Å²) >= 11 is 0. The van der Waals surface area contributed by atoms with Crippen LogP contribution >= 0.6 is 0 Å². The summed E-state index contributed by atoms with van der Waals surface area (Å²) in [4.78, 5) is 14.9. The number of para-hydroxylation sites is 1. The van der Waals surface area contributed by atoms with E-state index in [2.05, 4.69) is 29.2 Å². The van der Waals surface area contributed by atoms with Gasteiger partial charge < -0.3 is 10.2 Å². The molecule has 29 heavy (non-hydrogen) atoms. The van der Waals surface area contributed by atoms with Gasteiger partial charge in [0.15, 0.2) is 5.69 Å². The van der Waals surface area contributed by atoms with Crippen molar-refractivity contribution in [2.75, 3.05) is 20.1 Å². The van der Waals surface area contributed by atoms with Crippen LogP contribution in [0, 0.1) is 12.3 Å². The quantitative estimate of drug-likeness (QED) is 0.831. The van der Waals surface area contributed by atoms with Crippen molar-refractivity contribution in [3.8, 4) is 5.69 Å². The number of hydrogen-bond acceptors (Lipinski definition) is 3. The maximum absolute atomic E-state index is 13.9. The number of carbonyl (C=O) groups is 1. The Morgan fingerprint density at radius 3 is 2.62 bits per heavy atom. The summed E-state index contributed by atoms with van der Waals surface area (Å²) in [5, 5.41) is 6.61. The SMILES string of the molecule is Cc1ccccc1-n1ncc(C(=O)NC[C@@H]2N(C)CCCC2(C)C)c1C(F)(F)F. The number of rotatable bonds is 4. The van der Waals surface area contributed by atoms with Crippen LogP contribution < -0.4 is 5.32 Å². The van der Waals surface area contributed by atoms with E-state index in [-0.39, 0.29) is 18.0 Å². The van der Waals surface area contributed by atoms with Gasteiger partial charge in [-0.15, -0.1) is 0 Å². The van der Waals surface area contributed by atoms with Gasteiger partial charge in [0, 0.05) is 12.6 Å². The molecule has 2 heterocycles. The van der Waals surface area contributed by atoms with Gasteiger partial charge in [0.1, 0.15) is 0 Å². The van der Waals surface area contributed by atoms with E-state index < -0.39 is 23.3 Å². The largest absolute Gasteiger partial charge is 0.434 e. The molecule has 0 bridgehead atoms. The number of likely N-dealkylation sites (N-methyl/N-ethyl adjacent to an activating group) is 1. The molecule has 2 aromatic rings. The molecule has 1 N–H and O–H groups in total. The number of halogens is 3. The number of alkyl halides is 3. The van der Waals surface area contributed by atoms with E-state index in [9.17, 15) is 18.0 Å². The van der Waals surface area contributed by atoms with Crippen LogP contribution in [0.15, 0.2) is 30.5 Å². The molecule has 5 nitrogen and oxygen atoms in total. The van der Waals surface area contributed by atoms with Crippen molar-refractivity contribution >= 4 is 5.91 Å². The average Bonchev–Trinajstić information content (AvgIpc) is 3.06. The van der Waals surface area contributed by atoms with E-state index >= 15 is 0 Å². The second-order valence-electron chi connectivity index (χ2n) is 8.40. The molecular formula is C21H27F3N4O. The van der Waals surface area contributed by atoms with Gasteiger partial charge >= 0.3 is 6.18 Å². The first-order valence-electron chi connectivity index (χ1n) is 9.72. The topological polar surface area (TPSA) is 50.2 Å². The maximum atomic E-state index is 13.9. The number of aromatic nitrogens is 2. The first-order valence-corrected chi connectivity index (χ1v) is 9.72. The lowest BCUT2D eigenvalue weighted by Gasteiger charge is -2.45. The van der Waals surface area contributed by atoms with Crippen molar-refractivity contribution in [1.29, 1.82) is 0 Å². The zero-order chi connectivity index (χ0) is 21.4. The Bertz CT molecular complexity index is 888. The Morgan fingerprint density at radius 2 is 2.00 bits per heavy atom. The molecule has 1 saturated heterocycles. The first-order chi connectivity index (χ1) is 13.5. The number of nitrogens with zero attached hydrogens (tertiary/aromatic N) is 3. The van der Waals surface area contributed by atoms with Gasteiger partial charge in [-0.2, -0.15) is 18.3 Å². The number of carbonyl (C=O) groups excluding carboxylic acids is 1. The Balaban J connectivity index is 1.89. The number of aryl methyl sites for hydroxylation is 1. The summed E-state index contributed by atoms with van der Waals surface area (Å²) in [6.45, 7) is 7.14. The third-order valence-corrected chi connectivity index (χ3v) is 5.85. The molecule has 0 radical (unpaired) electrons. The summed E-state index contributed by atoms with van der Waals surface area (Å²) in [6.07, 6.45) is -1.64. The Kier molecular flexibility index (Phi) is 5.76. The number of nitrogens with one attached hydrogen (secondary N) is 1. The second kappa shape index (κ2) is 7.82. The second-order valence-corrected chi connectivity index (χ2v) is 8.40. The minimum absolute atomic E-state index is 0.0293. The van der Waals surface area contributed by atoms with Crippen molar-refractivity contribution in [2.24, 2.45) is 5.41 Å². The highest BCUT2D eigenvalue weighted by molar-refractivity contribution is 5.95. The summed E-state index contributed by atoms with van der Waals surface area (Å²) in [7, 11) is 1.98. The molecule has 3 rings (SSSR count). The number of piperidine rings is 1. The lowest BCUT2D eigenvalue weighted by Crippen LogP contribution is -2.53. The van der Waals surface area contributed by atoms with E-state index in [0.29, 0.717) is 11.3 Å². The number of hydrogen-bond donors (Lipinski definition) is 1. The predicted molar refractivity (Wildman–Crippen MR) is 105 cm³/mol. The molecule has 1 aliphatic rings. The minimum atomic E-state index is -4.72. The van der Waals surface area contributed by atoms with Crippen LogP contribution in [0.3, 0.4) is 0 Å². The molecule has 0 unspecified atom stereocenters. The highest BCUT2D eigenvalue weighted by Crippen LogP contribution is 2.35.